The van der Waals surface area contributed by atoms with Crippen LogP contribution in [0, 0.1) is 0 Å². The molecule has 0 saturated carbocycles. The van der Waals surface area contributed by atoms with Crippen LogP contribution in [0.3, 0.4) is 0 Å². The minimum atomic E-state index is -0.410. The first-order valence-corrected chi connectivity index (χ1v) is 12.1. The topological polar surface area (TPSA) is 36.9 Å². The van der Waals surface area contributed by atoms with Crippen molar-refractivity contribution in [1.29, 1.82) is 0 Å². The van der Waals surface area contributed by atoms with Crippen LogP contribution < -0.4 is 0 Å². The van der Waals surface area contributed by atoms with Gasteiger partial charge in [0.05, 0.1) is 49.8 Å². The Bertz CT molecular complexity index is 795. The lowest BCUT2D eigenvalue weighted by molar-refractivity contribution is -0.125. The second kappa shape index (κ2) is 12.7. The summed E-state index contributed by atoms with van der Waals surface area (Å²) >= 11 is 0. The maximum absolute atomic E-state index is 6.32. The van der Waals surface area contributed by atoms with Crippen LogP contribution in [0.25, 0.3) is 0 Å². The van der Waals surface area contributed by atoms with Gasteiger partial charge < -0.3 is 18.9 Å². The van der Waals surface area contributed by atoms with Crippen molar-refractivity contribution in [3.05, 3.63) is 70.8 Å². The molecule has 0 bridgehead atoms. The second-order valence-corrected chi connectivity index (χ2v) is 10.6. The minimum absolute atomic E-state index is 0.190. The molecule has 4 nitrogen and oxygen atoms in total. The Hall–Kier alpha value is -1.72. The summed E-state index contributed by atoms with van der Waals surface area (Å²) in [6, 6.07) is 17.0. The molecule has 0 radical (unpaired) electrons. The summed E-state index contributed by atoms with van der Waals surface area (Å²) in [4.78, 5) is 0. The Morgan fingerprint density at radius 3 is 1.58 bits per heavy atom. The van der Waals surface area contributed by atoms with Crippen LogP contribution in [0.2, 0.25) is 0 Å². The Morgan fingerprint density at radius 2 is 1.09 bits per heavy atom. The van der Waals surface area contributed by atoms with Crippen LogP contribution in [-0.2, 0) is 45.2 Å². The summed E-state index contributed by atoms with van der Waals surface area (Å²) in [5.74, 6) is 0. The van der Waals surface area contributed by atoms with E-state index in [0.29, 0.717) is 26.4 Å². The molecule has 0 aromatic heterocycles. The molecule has 0 unspecified atom stereocenters. The lowest BCUT2D eigenvalue weighted by Crippen LogP contribution is -2.37. The van der Waals surface area contributed by atoms with Gasteiger partial charge in [0.1, 0.15) is 0 Å². The molecule has 33 heavy (non-hydrogen) atoms. The third kappa shape index (κ3) is 11.3. The number of rotatable bonds is 14. The molecule has 0 amide bonds. The molecule has 0 aliphatic carbocycles. The normalized spacial score (nSPS) is 12.7. The van der Waals surface area contributed by atoms with Crippen molar-refractivity contribution in [1.82, 2.24) is 0 Å². The van der Waals surface area contributed by atoms with Crippen molar-refractivity contribution >= 4 is 0 Å². The van der Waals surface area contributed by atoms with E-state index in [1.54, 1.807) is 0 Å². The lowest BCUT2D eigenvalue weighted by Gasteiger charge is -2.32. The molecule has 0 atom stereocenters. The Morgan fingerprint density at radius 1 is 0.606 bits per heavy atom. The van der Waals surface area contributed by atoms with Crippen LogP contribution in [-0.4, -0.2) is 30.0 Å². The zero-order valence-corrected chi connectivity index (χ0v) is 21.9. The molecule has 0 aliphatic heterocycles. The quantitative estimate of drug-likeness (QED) is 0.311. The summed E-state index contributed by atoms with van der Waals surface area (Å²) in [6.07, 6.45) is 1.24. The highest BCUT2D eigenvalue weighted by Gasteiger charge is 2.26. The zero-order valence-electron chi connectivity index (χ0n) is 21.9. The maximum atomic E-state index is 6.32. The van der Waals surface area contributed by atoms with Gasteiger partial charge in [-0.1, -0.05) is 48.5 Å². The van der Waals surface area contributed by atoms with Crippen molar-refractivity contribution in [3.63, 3.8) is 0 Å². The van der Waals surface area contributed by atoms with E-state index in [4.69, 9.17) is 18.9 Å². The highest BCUT2D eigenvalue weighted by atomic mass is 16.6. The first kappa shape index (κ1) is 27.5. The third-order valence-corrected chi connectivity index (χ3v) is 5.19. The number of benzene rings is 2. The van der Waals surface area contributed by atoms with Crippen molar-refractivity contribution in [2.45, 2.75) is 105 Å². The third-order valence-electron chi connectivity index (χ3n) is 5.19. The predicted octanol–water partition coefficient (Wildman–Crippen LogP) is 6.87. The van der Waals surface area contributed by atoms with Crippen molar-refractivity contribution in [2.75, 3.05) is 6.61 Å². The van der Waals surface area contributed by atoms with Gasteiger partial charge in [0, 0.05) is 6.42 Å². The number of hydrogen-bond donors (Lipinski definition) is 0. The van der Waals surface area contributed by atoms with Crippen molar-refractivity contribution in [3.8, 4) is 0 Å². The molecule has 0 aliphatic rings. The monoisotopic (exact) mass is 456 g/mol. The molecule has 0 saturated heterocycles. The molecular formula is C29H44O4. The highest BCUT2D eigenvalue weighted by Crippen LogP contribution is 2.22. The largest absolute Gasteiger partial charge is 0.374 e. The smallest absolute Gasteiger partial charge is 0.0863 e. The molecule has 0 spiro atoms. The fraction of sp³-hybridized carbons (Fsp3) is 0.586. The summed E-state index contributed by atoms with van der Waals surface area (Å²) in [5.41, 5.74) is 4.01. The Balaban J connectivity index is 1.98. The molecule has 184 valence electrons. The van der Waals surface area contributed by atoms with Gasteiger partial charge in [-0.05, 0) is 77.6 Å². The van der Waals surface area contributed by atoms with Gasteiger partial charge in [-0.3, -0.25) is 0 Å². The van der Waals surface area contributed by atoms with E-state index in [0.717, 1.165) is 23.1 Å². The SMILES string of the molecule is CC(C)OCc1cc(COC(C)C)cc(COC(C)(C)COC(C)(C)Cc2ccccc2)c1. The lowest BCUT2D eigenvalue weighted by atomic mass is 9.98. The van der Waals surface area contributed by atoms with E-state index in [1.165, 1.54) is 5.56 Å². The molecule has 2 aromatic rings. The van der Waals surface area contributed by atoms with Crippen LogP contribution in [0.1, 0.15) is 77.6 Å². The molecule has 0 heterocycles. The standard InChI is InChI=1S/C29H44O4/c1-22(2)30-18-25-14-26(19-31-23(3)4)16-27(15-25)20-32-29(7,8)21-33-28(5,6)17-24-12-10-9-11-13-24/h9-16,22-23H,17-21H2,1-8H3. The molecular weight excluding hydrogens is 412 g/mol. The highest BCUT2D eigenvalue weighted by molar-refractivity contribution is 5.29. The summed E-state index contributed by atoms with van der Waals surface area (Å²) in [6.45, 7) is 18.8. The van der Waals surface area contributed by atoms with Gasteiger partial charge in [-0.2, -0.15) is 0 Å². The maximum Gasteiger partial charge on any atom is 0.0863 e. The van der Waals surface area contributed by atoms with Crippen molar-refractivity contribution in [2.24, 2.45) is 0 Å². The predicted molar refractivity (Wildman–Crippen MR) is 135 cm³/mol. The molecule has 4 heteroatoms. The van der Waals surface area contributed by atoms with Crippen LogP contribution in [0.15, 0.2) is 48.5 Å². The summed E-state index contributed by atoms with van der Waals surface area (Å²) < 4.78 is 24.3. The molecule has 0 N–H and O–H groups in total. The van der Waals surface area contributed by atoms with Crippen molar-refractivity contribution < 1.29 is 18.9 Å². The van der Waals surface area contributed by atoms with Gasteiger partial charge in [-0.25, -0.2) is 0 Å². The molecule has 2 rings (SSSR count). The number of hydrogen-bond acceptors (Lipinski definition) is 4. The van der Waals surface area contributed by atoms with Gasteiger partial charge in [-0.15, -0.1) is 0 Å². The summed E-state index contributed by atoms with van der Waals surface area (Å²) in [5, 5.41) is 0. The second-order valence-electron chi connectivity index (χ2n) is 10.6. The van der Waals surface area contributed by atoms with Gasteiger partial charge >= 0.3 is 0 Å². The van der Waals surface area contributed by atoms with Crippen LogP contribution in [0.5, 0.6) is 0 Å². The van der Waals surface area contributed by atoms with E-state index in [9.17, 15) is 0 Å². The average molecular weight is 457 g/mol. The minimum Gasteiger partial charge on any atom is -0.374 e. The molecule has 0 fully saturated rings. The van der Waals surface area contributed by atoms with Crippen LogP contribution >= 0.6 is 0 Å². The summed E-state index contributed by atoms with van der Waals surface area (Å²) in [7, 11) is 0. The van der Waals surface area contributed by atoms with Gasteiger partial charge in [0.15, 0.2) is 0 Å². The first-order valence-electron chi connectivity index (χ1n) is 12.1. The fourth-order valence-corrected chi connectivity index (χ4v) is 3.44. The first-order chi connectivity index (χ1) is 15.4. The fourth-order valence-electron chi connectivity index (χ4n) is 3.44. The van der Waals surface area contributed by atoms with Gasteiger partial charge in [0.25, 0.3) is 0 Å². The average Bonchev–Trinajstić information content (AvgIpc) is 2.74. The van der Waals surface area contributed by atoms with E-state index in [1.807, 2.05) is 6.07 Å². The van der Waals surface area contributed by atoms with E-state index < -0.39 is 5.60 Å². The number of ether oxygens (including phenoxy) is 4. The Kier molecular flexibility index (Phi) is 10.6. The molecule has 2 aromatic carbocycles. The zero-order chi connectivity index (χ0) is 24.5. The Labute approximate surface area is 201 Å². The van der Waals surface area contributed by atoms with Gasteiger partial charge in [0.2, 0.25) is 0 Å². The van der Waals surface area contributed by atoms with E-state index >= 15 is 0 Å². The van der Waals surface area contributed by atoms with Crippen LogP contribution in [0.4, 0.5) is 0 Å². The van der Waals surface area contributed by atoms with E-state index in [2.05, 4.69) is 97.9 Å². The van der Waals surface area contributed by atoms with E-state index in [-0.39, 0.29) is 17.8 Å².